The Morgan fingerprint density at radius 2 is 2.00 bits per heavy atom. The van der Waals surface area contributed by atoms with Crippen LogP contribution >= 0.6 is 0 Å². The zero-order valence-corrected chi connectivity index (χ0v) is 10.3. The summed E-state index contributed by atoms with van der Waals surface area (Å²) < 4.78 is 1.93. The van der Waals surface area contributed by atoms with Gasteiger partial charge in [-0.25, -0.2) is 0 Å². The highest BCUT2D eigenvalue weighted by Gasteiger charge is 2.13. The molecule has 0 bridgehead atoms. The average molecular weight is 227 g/mol. The molecule has 0 atom stereocenters. The van der Waals surface area contributed by atoms with Crippen LogP contribution in [-0.4, -0.2) is 16.8 Å². The minimum Gasteiger partial charge on any atom is -0.372 e. The van der Waals surface area contributed by atoms with Crippen molar-refractivity contribution in [3.05, 3.63) is 35.4 Å². The number of aromatic nitrogens is 2. The van der Waals surface area contributed by atoms with Crippen molar-refractivity contribution in [3.8, 4) is 11.3 Å². The molecule has 0 radical (unpaired) electrons. The molecule has 0 fully saturated rings. The fourth-order valence-corrected chi connectivity index (χ4v) is 2.59. The minimum absolute atomic E-state index is 0.919. The van der Waals surface area contributed by atoms with Crippen molar-refractivity contribution in [1.82, 2.24) is 9.78 Å². The lowest BCUT2D eigenvalue weighted by Crippen LogP contribution is -1.95. The maximum absolute atomic E-state index is 4.40. The van der Waals surface area contributed by atoms with Crippen molar-refractivity contribution in [2.24, 2.45) is 7.05 Å². The summed E-state index contributed by atoms with van der Waals surface area (Å²) in [4.78, 5) is 0. The smallest absolute Gasteiger partial charge is 0.148 e. The molecular formula is C14H17N3. The molecule has 0 aliphatic heterocycles. The van der Waals surface area contributed by atoms with Crippen LogP contribution in [0.1, 0.15) is 17.5 Å². The molecule has 88 valence electrons. The molecule has 1 aromatic heterocycles. The van der Waals surface area contributed by atoms with Crippen LogP contribution in [0.25, 0.3) is 11.3 Å². The van der Waals surface area contributed by atoms with Gasteiger partial charge in [-0.2, -0.15) is 5.10 Å². The second-order valence-electron chi connectivity index (χ2n) is 4.63. The van der Waals surface area contributed by atoms with Crippen LogP contribution in [0.4, 0.5) is 5.82 Å². The van der Waals surface area contributed by atoms with Crippen molar-refractivity contribution in [1.29, 1.82) is 0 Å². The van der Waals surface area contributed by atoms with E-state index in [1.165, 1.54) is 41.6 Å². The molecule has 3 rings (SSSR count). The molecule has 0 saturated carbocycles. The van der Waals surface area contributed by atoms with E-state index in [2.05, 4.69) is 34.7 Å². The molecule has 1 aliphatic rings. The molecule has 0 amide bonds. The first-order valence-corrected chi connectivity index (χ1v) is 6.12. The molecule has 3 nitrogen and oxygen atoms in total. The molecule has 1 N–H and O–H groups in total. The van der Waals surface area contributed by atoms with Gasteiger partial charge in [0.25, 0.3) is 0 Å². The average Bonchev–Trinajstić information content (AvgIpc) is 2.93. The maximum atomic E-state index is 4.40. The number of fused-ring (bicyclic) bond motifs is 1. The summed E-state index contributed by atoms with van der Waals surface area (Å²) in [5.74, 6) is 0.919. The van der Waals surface area contributed by atoms with Gasteiger partial charge in [-0.05, 0) is 36.5 Å². The van der Waals surface area contributed by atoms with Crippen LogP contribution < -0.4 is 5.32 Å². The largest absolute Gasteiger partial charge is 0.372 e. The Morgan fingerprint density at radius 1 is 1.18 bits per heavy atom. The SMILES string of the molecule is CNc1cc(-c2ccc3c(c2)CCC3)n(C)n1. The number of hydrogen-bond acceptors (Lipinski definition) is 2. The van der Waals surface area contributed by atoms with E-state index in [0.29, 0.717) is 0 Å². The van der Waals surface area contributed by atoms with Crippen LogP contribution in [0.2, 0.25) is 0 Å². The van der Waals surface area contributed by atoms with Crippen LogP contribution in [0, 0.1) is 0 Å². The van der Waals surface area contributed by atoms with E-state index in [1.807, 2.05) is 18.8 Å². The van der Waals surface area contributed by atoms with Crippen molar-refractivity contribution in [2.45, 2.75) is 19.3 Å². The first-order valence-electron chi connectivity index (χ1n) is 6.12. The lowest BCUT2D eigenvalue weighted by molar-refractivity contribution is 0.778. The van der Waals surface area contributed by atoms with E-state index in [9.17, 15) is 0 Å². The summed E-state index contributed by atoms with van der Waals surface area (Å²) in [6.45, 7) is 0. The van der Waals surface area contributed by atoms with E-state index in [1.54, 1.807) is 0 Å². The Morgan fingerprint density at radius 3 is 2.76 bits per heavy atom. The number of nitrogens with one attached hydrogen (secondary N) is 1. The third-order valence-electron chi connectivity index (χ3n) is 3.53. The summed E-state index contributed by atoms with van der Waals surface area (Å²) in [5, 5.41) is 7.48. The molecule has 1 aromatic carbocycles. The maximum Gasteiger partial charge on any atom is 0.148 e. The van der Waals surface area contributed by atoms with Gasteiger partial charge in [0, 0.05) is 25.7 Å². The lowest BCUT2D eigenvalue weighted by atomic mass is 10.0. The summed E-state index contributed by atoms with van der Waals surface area (Å²) in [6.07, 6.45) is 3.76. The molecule has 2 aromatic rings. The minimum atomic E-state index is 0.919. The molecular weight excluding hydrogens is 210 g/mol. The van der Waals surface area contributed by atoms with Crippen LogP contribution in [0.15, 0.2) is 24.3 Å². The summed E-state index contributed by atoms with van der Waals surface area (Å²) in [6, 6.07) is 8.89. The van der Waals surface area contributed by atoms with E-state index >= 15 is 0 Å². The zero-order valence-electron chi connectivity index (χ0n) is 10.3. The van der Waals surface area contributed by atoms with Crippen molar-refractivity contribution in [2.75, 3.05) is 12.4 Å². The fraction of sp³-hybridized carbons (Fsp3) is 0.357. The third kappa shape index (κ3) is 1.71. The first kappa shape index (κ1) is 10.4. The Kier molecular flexibility index (Phi) is 2.39. The second kappa shape index (κ2) is 3.91. The molecule has 3 heteroatoms. The first-order chi connectivity index (χ1) is 8.28. The Balaban J connectivity index is 2.06. The van der Waals surface area contributed by atoms with Gasteiger partial charge >= 0.3 is 0 Å². The standard InChI is InChI=1S/C14H17N3/c1-15-14-9-13(17(2)16-14)12-7-6-10-4-3-5-11(10)8-12/h6-9H,3-5H2,1-2H3,(H,15,16). The monoisotopic (exact) mass is 227 g/mol. The summed E-state index contributed by atoms with van der Waals surface area (Å²) in [5.41, 5.74) is 5.46. The Bertz CT molecular complexity index is 555. The molecule has 1 heterocycles. The number of aryl methyl sites for hydroxylation is 3. The normalized spacial score (nSPS) is 13.8. The molecule has 1 aliphatic carbocycles. The van der Waals surface area contributed by atoms with Gasteiger partial charge in [0.15, 0.2) is 0 Å². The number of benzene rings is 1. The predicted octanol–water partition coefficient (Wildman–Crippen LogP) is 2.62. The topological polar surface area (TPSA) is 29.9 Å². The lowest BCUT2D eigenvalue weighted by Gasteiger charge is -2.05. The van der Waals surface area contributed by atoms with Crippen LogP contribution in [-0.2, 0) is 19.9 Å². The van der Waals surface area contributed by atoms with Crippen molar-refractivity contribution < 1.29 is 0 Å². The van der Waals surface area contributed by atoms with Crippen molar-refractivity contribution >= 4 is 5.82 Å². The molecule has 0 saturated heterocycles. The molecule has 0 spiro atoms. The number of hydrogen-bond donors (Lipinski definition) is 1. The Labute approximate surface area is 101 Å². The number of rotatable bonds is 2. The van der Waals surface area contributed by atoms with Gasteiger partial charge in [0.05, 0.1) is 5.69 Å². The molecule has 0 unspecified atom stereocenters. The highest BCUT2D eigenvalue weighted by atomic mass is 15.3. The van der Waals surface area contributed by atoms with Crippen molar-refractivity contribution in [3.63, 3.8) is 0 Å². The summed E-state index contributed by atoms with van der Waals surface area (Å²) >= 11 is 0. The second-order valence-corrected chi connectivity index (χ2v) is 4.63. The Hall–Kier alpha value is -1.77. The van der Waals surface area contributed by atoms with Gasteiger partial charge in [-0.15, -0.1) is 0 Å². The molecule has 17 heavy (non-hydrogen) atoms. The highest BCUT2D eigenvalue weighted by molar-refractivity contribution is 5.65. The summed E-state index contributed by atoms with van der Waals surface area (Å²) in [7, 11) is 3.89. The van der Waals surface area contributed by atoms with E-state index < -0.39 is 0 Å². The van der Waals surface area contributed by atoms with Gasteiger partial charge in [-0.1, -0.05) is 12.1 Å². The fourth-order valence-electron chi connectivity index (χ4n) is 2.59. The quantitative estimate of drug-likeness (QED) is 0.854. The van der Waals surface area contributed by atoms with Crippen LogP contribution in [0.5, 0.6) is 0 Å². The number of anilines is 1. The predicted molar refractivity (Wildman–Crippen MR) is 70.2 cm³/mol. The van der Waals surface area contributed by atoms with Crippen LogP contribution in [0.3, 0.4) is 0 Å². The number of nitrogens with zero attached hydrogens (tertiary/aromatic N) is 2. The van der Waals surface area contributed by atoms with E-state index in [4.69, 9.17) is 0 Å². The highest BCUT2D eigenvalue weighted by Crippen LogP contribution is 2.28. The third-order valence-corrected chi connectivity index (χ3v) is 3.53. The zero-order chi connectivity index (χ0) is 11.8. The van der Waals surface area contributed by atoms with Gasteiger partial charge in [0.2, 0.25) is 0 Å². The van der Waals surface area contributed by atoms with Gasteiger partial charge < -0.3 is 5.32 Å². The van der Waals surface area contributed by atoms with E-state index in [-0.39, 0.29) is 0 Å². The van der Waals surface area contributed by atoms with E-state index in [0.717, 1.165) is 5.82 Å². The van der Waals surface area contributed by atoms with Gasteiger partial charge in [-0.3, -0.25) is 4.68 Å². The van der Waals surface area contributed by atoms with Gasteiger partial charge in [0.1, 0.15) is 5.82 Å².